The van der Waals surface area contributed by atoms with E-state index in [0.717, 1.165) is 6.07 Å². The zero-order valence-electron chi connectivity index (χ0n) is 10.5. The van der Waals surface area contributed by atoms with E-state index in [1.54, 1.807) is 0 Å². The molecule has 21 heavy (non-hydrogen) atoms. The molecule has 112 valence electrons. The predicted molar refractivity (Wildman–Crippen MR) is 82.3 cm³/mol. The number of hydrogen-bond acceptors (Lipinski definition) is 3. The second-order valence-corrected chi connectivity index (χ2v) is 7.07. The van der Waals surface area contributed by atoms with Gasteiger partial charge in [-0.05, 0) is 51.8 Å². The van der Waals surface area contributed by atoms with Crippen molar-refractivity contribution in [3.05, 3.63) is 57.3 Å². The lowest BCUT2D eigenvalue weighted by molar-refractivity contribution is 0.281. The van der Waals surface area contributed by atoms with Crippen molar-refractivity contribution in [2.75, 3.05) is 4.72 Å². The highest BCUT2D eigenvalue weighted by Gasteiger charge is 2.18. The number of aliphatic hydroxyl groups is 1. The van der Waals surface area contributed by atoms with Gasteiger partial charge in [-0.15, -0.1) is 0 Å². The first-order valence-corrected chi connectivity index (χ1v) is 8.36. The van der Waals surface area contributed by atoms with Crippen molar-refractivity contribution < 1.29 is 17.9 Å². The fraction of sp³-hybridized carbons (Fsp3) is 0.0769. The van der Waals surface area contributed by atoms with Gasteiger partial charge in [-0.25, -0.2) is 12.8 Å². The fourth-order valence-corrected chi connectivity index (χ4v) is 3.92. The zero-order valence-corrected chi connectivity index (χ0v) is 13.6. The molecule has 0 heterocycles. The van der Waals surface area contributed by atoms with Gasteiger partial charge in [0.25, 0.3) is 10.0 Å². The molecule has 2 N–H and O–H groups in total. The number of sulfonamides is 1. The molecule has 0 aliphatic carbocycles. The molecular formula is C13H10BrClFNO3S. The van der Waals surface area contributed by atoms with E-state index in [-0.39, 0.29) is 22.2 Å². The third-order valence-electron chi connectivity index (χ3n) is 2.64. The molecule has 0 unspecified atom stereocenters. The zero-order chi connectivity index (χ0) is 15.6. The van der Waals surface area contributed by atoms with Crippen molar-refractivity contribution in [2.45, 2.75) is 11.5 Å². The number of nitrogens with one attached hydrogen (secondary N) is 1. The molecule has 0 aliphatic rings. The van der Waals surface area contributed by atoms with Gasteiger partial charge in [0.15, 0.2) is 0 Å². The monoisotopic (exact) mass is 393 g/mol. The van der Waals surface area contributed by atoms with Gasteiger partial charge in [0.05, 0.1) is 17.3 Å². The minimum atomic E-state index is -3.89. The lowest BCUT2D eigenvalue weighted by Crippen LogP contribution is -2.14. The van der Waals surface area contributed by atoms with E-state index in [2.05, 4.69) is 20.7 Å². The van der Waals surface area contributed by atoms with Crippen LogP contribution in [0.1, 0.15) is 5.56 Å². The fourth-order valence-electron chi connectivity index (χ4n) is 1.63. The van der Waals surface area contributed by atoms with Crippen molar-refractivity contribution in [1.82, 2.24) is 0 Å². The van der Waals surface area contributed by atoms with Crippen LogP contribution in [0.15, 0.2) is 45.8 Å². The summed E-state index contributed by atoms with van der Waals surface area (Å²) in [5.41, 5.74) is 0.633. The van der Waals surface area contributed by atoms with Crippen molar-refractivity contribution in [3.8, 4) is 0 Å². The lowest BCUT2D eigenvalue weighted by atomic mass is 10.2. The predicted octanol–water partition coefficient (Wildman–Crippen LogP) is 3.53. The van der Waals surface area contributed by atoms with Crippen molar-refractivity contribution in [3.63, 3.8) is 0 Å². The summed E-state index contributed by atoms with van der Waals surface area (Å²) in [5.74, 6) is -0.716. The van der Waals surface area contributed by atoms with Gasteiger partial charge in [0.1, 0.15) is 10.7 Å². The smallest absolute Gasteiger partial charge is 0.263 e. The standard InChI is InChI=1S/C13H10BrClFNO3S/c14-10-5-8(7-18)1-4-13(10)21(19,20)17-9-2-3-11(15)12(16)6-9/h1-6,17-18H,7H2. The number of hydrogen-bond donors (Lipinski definition) is 2. The molecule has 0 aliphatic heterocycles. The Hall–Kier alpha value is -1.15. The summed E-state index contributed by atoms with van der Waals surface area (Å²) in [5, 5.41) is 8.92. The lowest BCUT2D eigenvalue weighted by Gasteiger charge is -2.11. The number of benzene rings is 2. The molecule has 0 fully saturated rings. The van der Waals surface area contributed by atoms with Crippen LogP contribution in [0.5, 0.6) is 0 Å². The maximum Gasteiger partial charge on any atom is 0.263 e. The van der Waals surface area contributed by atoms with Gasteiger partial charge in [-0.3, -0.25) is 4.72 Å². The van der Waals surface area contributed by atoms with E-state index in [1.165, 1.54) is 30.3 Å². The molecule has 0 amide bonds. The topological polar surface area (TPSA) is 66.4 Å². The first-order chi connectivity index (χ1) is 9.83. The summed E-state index contributed by atoms with van der Waals surface area (Å²) in [6.45, 7) is -0.200. The van der Waals surface area contributed by atoms with Gasteiger partial charge >= 0.3 is 0 Å². The highest BCUT2D eigenvalue weighted by atomic mass is 79.9. The van der Waals surface area contributed by atoms with Gasteiger partial charge in [-0.2, -0.15) is 0 Å². The summed E-state index contributed by atoms with van der Waals surface area (Å²) >= 11 is 8.68. The Kier molecular flexibility index (Phi) is 4.88. The molecule has 0 radical (unpaired) electrons. The van der Waals surface area contributed by atoms with Crippen LogP contribution in [0.25, 0.3) is 0 Å². The second kappa shape index (κ2) is 6.31. The average Bonchev–Trinajstić information content (AvgIpc) is 2.42. The van der Waals surface area contributed by atoms with E-state index in [1.807, 2.05) is 0 Å². The molecule has 2 aromatic rings. The SMILES string of the molecule is O=S(=O)(Nc1ccc(Cl)c(F)c1)c1ccc(CO)cc1Br. The Morgan fingerprint density at radius 2 is 1.95 bits per heavy atom. The van der Waals surface area contributed by atoms with Crippen LogP contribution in [-0.2, 0) is 16.6 Å². The van der Waals surface area contributed by atoms with Crippen LogP contribution >= 0.6 is 27.5 Å². The highest BCUT2D eigenvalue weighted by Crippen LogP contribution is 2.26. The summed E-state index contributed by atoms with van der Waals surface area (Å²) in [6.07, 6.45) is 0. The first kappa shape index (κ1) is 16.2. The molecule has 0 spiro atoms. The van der Waals surface area contributed by atoms with E-state index in [4.69, 9.17) is 16.7 Å². The second-order valence-electron chi connectivity index (χ2n) is 4.16. The third kappa shape index (κ3) is 3.74. The van der Waals surface area contributed by atoms with Gasteiger partial charge in [-0.1, -0.05) is 17.7 Å². The summed E-state index contributed by atoms with van der Waals surface area (Å²) < 4.78 is 40.4. The number of rotatable bonds is 4. The van der Waals surface area contributed by atoms with Crippen molar-refractivity contribution in [2.24, 2.45) is 0 Å². The normalized spacial score (nSPS) is 11.4. The molecule has 0 aromatic heterocycles. The Bertz CT molecular complexity index is 783. The highest BCUT2D eigenvalue weighted by molar-refractivity contribution is 9.10. The maximum absolute atomic E-state index is 13.3. The van der Waals surface area contributed by atoms with Crippen LogP contribution in [0.2, 0.25) is 5.02 Å². The molecule has 2 rings (SSSR count). The van der Waals surface area contributed by atoms with Gasteiger partial charge in [0, 0.05) is 4.47 Å². The molecule has 0 bridgehead atoms. The minimum Gasteiger partial charge on any atom is -0.392 e. The van der Waals surface area contributed by atoms with Gasteiger partial charge in [0.2, 0.25) is 0 Å². The number of anilines is 1. The Labute approximate surface area is 134 Å². The molecule has 8 heteroatoms. The average molecular weight is 395 g/mol. The Morgan fingerprint density at radius 3 is 2.52 bits per heavy atom. The van der Waals surface area contributed by atoms with E-state index >= 15 is 0 Å². The van der Waals surface area contributed by atoms with Crippen molar-refractivity contribution >= 4 is 43.2 Å². The van der Waals surface area contributed by atoms with Crippen LogP contribution in [0, 0.1) is 5.82 Å². The molecule has 0 saturated heterocycles. The summed E-state index contributed by atoms with van der Waals surface area (Å²) in [4.78, 5) is -0.0185. The number of aliphatic hydroxyl groups excluding tert-OH is 1. The molecule has 4 nitrogen and oxygen atoms in total. The summed E-state index contributed by atoms with van der Waals surface area (Å²) in [6, 6.07) is 7.95. The molecule has 0 atom stereocenters. The molecule has 0 saturated carbocycles. The molecular weight excluding hydrogens is 385 g/mol. The van der Waals surface area contributed by atoms with Gasteiger partial charge < -0.3 is 5.11 Å². The maximum atomic E-state index is 13.3. The van der Waals surface area contributed by atoms with Crippen LogP contribution in [0.4, 0.5) is 10.1 Å². The minimum absolute atomic E-state index is 0.0185. The Morgan fingerprint density at radius 1 is 1.24 bits per heavy atom. The number of halogens is 3. The molecule has 2 aromatic carbocycles. The summed E-state index contributed by atoms with van der Waals surface area (Å²) in [7, 11) is -3.89. The largest absolute Gasteiger partial charge is 0.392 e. The van der Waals surface area contributed by atoms with E-state index in [9.17, 15) is 12.8 Å². The van der Waals surface area contributed by atoms with Crippen LogP contribution in [-0.4, -0.2) is 13.5 Å². The first-order valence-electron chi connectivity index (χ1n) is 5.70. The third-order valence-corrected chi connectivity index (χ3v) is 5.30. The van der Waals surface area contributed by atoms with E-state index < -0.39 is 15.8 Å². The quantitative estimate of drug-likeness (QED) is 0.833. The van der Waals surface area contributed by atoms with Crippen molar-refractivity contribution in [1.29, 1.82) is 0 Å². The Balaban J connectivity index is 2.36. The van der Waals surface area contributed by atoms with Crippen LogP contribution in [0.3, 0.4) is 0 Å². The van der Waals surface area contributed by atoms with E-state index in [0.29, 0.717) is 10.0 Å². The van der Waals surface area contributed by atoms with Crippen LogP contribution < -0.4 is 4.72 Å².